The monoisotopic (exact) mass is 400 g/mol. The fourth-order valence-corrected chi connectivity index (χ4v) is 3.85. The molecule has 0 aromatic heterocycles. The van der Waals surface area contributed by atoms with Crippen LogP contribution < -0.4 is 16.3 Å². The number of para-hydroxylation sites is 1. The first-order valence-corrected chi connectivity index (χ1v) is 9.79. The maximum atomic E-state index is 13.4. The molecule has 0 fully saturated rings. The molecule has 1 aliphatic heterocycles. The maximum Gasteiger partial charge on any atom is 0.280 e. The second kappa shape index (κ2) is 7.65. The molecule has 2 aromatic carbocycles. The summed E-state index contributed by atoms with van der Waals surface area (Å²) in [5.74, 6) is 5.85. The van der Waals surface area contributed by atoms with Crippen LogP contribution in [-0.2, 0) is 4.79 Å². The summed E-state index contributed by atoms with van der Waals surface area (Å²) < 4.78 is 0. The number of aromatic hydroxyl groups is 1. The Bertz CT molecular complexity index is 1170. The zero-order valence-electron chi connectivity index (χ0n) is 17.2. The third-order valence-corrected chi connectivity index (χ3v) is 5.57. The number of carbonyl (C=O) groups excluding carboxylic acids is 1. The number of nitrogens with two attached hydrogens (primary N) is 1. The Balaban J connectivity index is 1.83. The highest BCUT2D eigenvalue weighted by Gasteiger charge is 2.33. The van der Waals surface area contributed by atoms with Crippen molar-refractivity contribution in [1.82, 2.24) is 5.43 Å². The predicted molar refractivity (Wildman–Crippen MR) is 120 cm³/mol. The normalized spacial score (nSPS) is 18.9. The van der Waals surface area contributed by atoms with Crippen molar-refractivity contribution in [2.24, 2.45) is 10.9 Å². The van der Waals surface area contributed by atoms with Gasteiger partial charge in [0.2, 0.25) is 0 Å². The molecule has 0 bridgehead atoms. The molecule has 152 valence electrons. The lowest BCUT2D eigenvalue weighted by Crippen LogP contribution is -2.28. The Morgan fingerprint density at radius 2 is 1.87 bits per heavy atom. The van der Waals surface area contributed by atoms with Gasteiger partial charge in [-0.25, -0.2) is 0 Å². The first kappa shape index (κ1) is 19.7. The van der Waals surface area contributed by atoms with Gasteiger partial charge in [0, 0.05) is 11.1 Å². The van der Waals surface area contributed by atoms with Gasteiger partial charge in [-0.2, -0.15) is 10.1 Å². The minimum Gasteiger partial charge on any atom is -0.507 e. The molecule has 2 aromatic rings. The second-order valence-electron chi connectivity index (χ2n) is 7.48. The quantitative estimate of drug-likeness (QED) is 0.414. The first-order valence-electron chi connectivity index (χ1n) is 9.79. The average molecular weight is 400 g/mol. The van der Waals surface area contributed by atoms with E-state index in [4.69, 9.17) is 5.84 Å². The summed E-state index contributed by atoms with van der Waals surface area (Å²) in [5.41, 5.74) is 9.65. The third-order valence-electron chi connectivity index (χ3n) is 5.57. The van der Waals surface area contributed by atoms with Crippen molar-refractivity contribution < 1.29 is 9.90 Å². The first-order chi connectivity index (χ1) is 14.4. The van der Waals surface area contributed by atoms with E-state index in [1.807, 2.05) is 63.3 Å². The van der Waals surface area contributed by atoms with Crippen LogP contribution in [-0.4, -0.2) is 16.7 Å². The van der Waals surface area contributed by atoms with E-state index in [2.05, 4.69) is 10.5 Å². The molecule has 4 N–H and O–H groups in total. The Morgan fingerprint density at radius 1 is 1.10 bits per heavy atom. The molecule has 6 heteroatoms. The van der Waals surface area contributed by atoms with Crippen molar-refractivity contribution >= 4 is 22.9 Å². The highest BCUT2D eigenvalue weighted by atomic mass is 16.3. The number of anilines is 1. The van der Waals surface area contributed by atoms with Gasteiger partial charge in [0.15, 0.2) is 0 Å². The number of phenolic OH excluding ortho intramolecular Hbond substituents is 1. The number of nitrogens with one attached hydrogen (secondary N) is 1. The van der Waals surface area contributed by atoms with E-state index in [9.17, 15) is 9.90 Å². The van der Waals surface area contributed by atoms with E-state index in [0.29, 0.717) is 29.0 Å². The molecule has 0 saturated heterocycles. The van der Waals surface area contributed by atoms with Crippen LogP contribution in [0.15, 0.2) is 76.6 Å². The summed E-state index contributed by atoms with van der Waals surface area (Å²) in [7, 11) is 0. The lowest BCUT2D eigenvalue weighted by molar-refractivity contribution is -0.114. The number of phenols is 1. The van der Waals surface area contributed by atoms with Crippen LogP contribution in [0.1, 0.15) is 30.0 Å². The van der Waals surface area contributed by atoms with Gasteiger partial charge in [0.25, 0.3) is 5.91 Å². The summed E-state index contributed by atoms with van der Waals surface area (Å²) in [6.45, 7) is 5.87. The SMILES string of the molecule is CC1=NN(c2ccc(C)c(C)c2)C(=O)C1=C1CC=CC(c2ccccc2O)=C1NN. The van der Waals surface area contributed by atoms with Crippen LogP contribution in [0, 0.1) is 13.8 Å². The van der Waals surface area contributed by atoms with E-state index >= 15 is 0 Å². The summed E-state index contributed by atoms with van der Waals surface area (Å²) in [6, 6.07) is 12.9. The Kier molecular flexibility index (Phi) is 5.01. The average Bonchev–Trinajstić information content (AvgIpc) is 3.03. The largest absolute Gasteiger partial charge is 0.507 e. The zero-order valence-corrected chi connectivity index (χ0v) is 17.2. The molecule has 6 nitrogen and oxygen atoms in total. The molecule has 4 rings (SSSR count). The topological polar surface area (TPSA) is 91.0 Å². The smallest absolute Gasteiger partial charge is 0.280 e. The minimum absolute atomic E-state index is 0.149. The summed E-state index contributed by atoms with van der Waals surface area (Å²) in [5, 5.41) is 16.3. The lowest BCUT2D eigenvalue weighted by atomic mass is 9.88. The zero-order chi connectivity index (χ0) is 21.4. The molecule has 1 amide bonds. The molecule has 0 radical (unpaired) electrons. The van der Waals surface area contributed by atoms with Crippen molar-refractivity contribution in [2.75, 3.05) is 5.01 Å². The predicted octanol–water partition coefficient (Wildman–Crippen LogP) is 3.86. The van der Waals surface area contributed by atoms with E-state index in [1.54, 1.807) is 12.1 Å². The fraction of sp³-hybridized carbons (Fsp3) is 0.167. The van der Waals surface area contributed by atoms with E-state index < -0.39 is 0 Å². The highest BCUT2D eigenvalue weighted by molar-refractivity contribution is 6.30. The molecule has 0 atom stereocenters. The number of allylic oxidation sites excluding steroid dienone is 4. The Hall–Kier alpha value is -3.64. The maximum absolute atomic E-state index is 13.4. The molecule has 30 heavy (non-hydrogen) atoms. The van der Waals surface area contributed by atoms with Gasteiger partial charge in [-0.3, -0.25) is 10.6 Å². The van der Waals surface area contributed by atoms with Crippen LogP contribution in [0.4, 0.5) is 5.69 Å². The van der Waals surface area contributed by atoms with Crippen LogP contribution in [0.2, 0.25) is 0 Å². The van der Waals surface area contributed by atoms with Gasteiger partial charge in [-0.1, -0.05) is 36.4 Å². The van der Waals surface area contributed by atoms with Gasteiger partial charge in [-0.15, -0.1) is 0 Å². The number of nitrogens with zero attached hydrogens (tertiary/aromatic N) is 2. The number of hydrazone groups is 1. The molecular weight excluding hydrogens is 376 g/mol. The molecule has 0 saturated carbocycles. The van der Waals surface area contributed by atoms with Crippen molar-refractivity contribution in [3.8, 4) is 5.75 Å². The molecule has 0 spiro atoms. The summed E-state index contributed by atoms with van der Waals surface area (Å²) in [6.07, 6.45) is 4.40. The summed E-state index contributed by atoms with van der Waals surface area (Å²) >= 11 is 0. The van der Waals surface area contributed by atoms with E-state index in [1.165, 1.54) is 5.01 Å². The van der Waals surface area contributed by atoms with E-state index in [-0.39, 0.29) is 11.7 Å². The molecular formula is C24H24N4O2. The third kappa shape index (κ3) is 3.21. The standard InChI is InChI=1S/C24H24N4O2/c1-14-11-12-17(13-15(14)2)28-24(30)22(16(3)27-28)20-9-6-8-19(23(20)26-25)18-7-4-5-10-21(18)29/h4-8,10-13,26,29H,9,25H2,1-3H3. The van der Waals surface area contributed by atoms with Gasteiger partial charge in [0.05, 0.1) is 22.7 Å². The number of hydrogen-bond donors (Lipinski definition) is 3. The number of carbonyl (C=O) groups is 1. The lowest BCUT2D eigenvalue weighted by Gasteiger charge is -2.21. The Morgan fingerprint density at radius 3 is 2.57 bits per heavy atom. The number of hydrogen-bond acceptors (Lipinski definition) is 5. The van der Waals surface area contributed by atoms with Crippen molar-refractivity contribution in [3.63, 3.8) is 0 Å². The number of amides is 1. The number of benzene rings is 2. The van der Waals surface area contributed by atoms with Crippen molar-refractivity contribution in [1.29, 1.82) is 0 Å². The van der Waals surface area contributed by atoms with Crippen LogP contribution in [0.25, 0.3) is 5.57 Å². The molecule has 0 unspecified atom stereocenters. The van der Waals surface area contributed by atoms with Crippen molar-refractivity contribution in [2.45, 2.75) is 27.2 Å². The van der Waals surface area contributed by atoms with Crippen LogP contribution in [0.5, 0.6) is 5.75 Å². The van der Waals surface area contributed by atoms with Gasteiger partial charge >= 0.3 is 0 Å². The van der Waals surface area contributed by atoms with Crippen LogP contribution >= 0.6 is 0 Å². The summed E-state index contributed by atoms with van der Waals surface area (Å²) in [4.78, 5) is 13.4. The second-order valence-corrected chi connectivity index (χ2v) is 7.48. The minimum atomic E-state index is -0.189. The van der Waals surface area contributed by atoms with Gasteiger partial charge < -0.3 is 10.5 Å². The Labute approximate surface area is 175 Å². The highest BCUT2D eigenvalue weighted by Crippen LogP contribution is 2.37. The number of aryl methyl sites for hydroxylation is 2. The number of rotatable bonds is 3. The van der Waals surface area contributed by atoms with Crippen LogP contribution in [0.3, 0.4) is 0 Å². The van der Waals surface area contributed by atoms with Gasteiger partial charge in [0.1, 0.15) is 5.75 Å². The van der Waals surface area contributed by atoms with E-state index in [0.717, 1.165) is 28.0 Å². The molecule has 1 heterocycles. The van der Waals surface area contributed by atoms with Crippen molar-refractivity contribution in [3.05, 3.63) is 88.2 Å². The number of hydrazine groups is 1. The fourth-order valence-electron chi connectivity index (χ4n) is 3.85. The molecule has 2 aliphatic rings. The van der Waals surface area contributed by atoms with Gasteiger partial charge in [-0.05, 0) is 62.1 Å². The molecule has 1 aliphatic carbocycles.